The number of piperidine rings is 2. The Balaban J connectivity index is 0.806. The molecule has 3 saturated heterocycles. The average Bonchev–Trinajstić information content (AvgIpc) is 3.47. The number of nitrogens with zero attached hydrogens (tertiary/aromatic N) is 4. The number of imide groups is 2. The Kier molecular flexibility index (Phi) is 10.9. The Labute approximate surface area is 356 Å². The first-order valence-corrected chi connectivity index (χ1v) is 21.2. The topological polar surface area (TPSA) is 171 Å². The number of nitrogens with one attached hydrogen (secondary N) is 2. The molecule has 2 N–H and O–H groups in total. The number of fused-ring (bicyclic) bond motifs is 1. The predicted molar refractivity (Wildman–Crippen MR) is 225 cm³/mol. The molecule has 1 saturated carbocycles. The summed E-state index contributed by atoms with van der Waals surface area (Å²) in [7, 11) is 0. The van der Waals surface area contributed by atoms with Crippen molar-refractivity contribution in [1.29, 1.82) is 5.26 Å². The Morgan fingerprint density at radius 3 is 2.23 bits per heavy atom. The van der Waals surface area contributed by atoms with Crippen LogP contribution < -0.4 is 25.0 Å². The standard InChI is InChI=1S/C47H54N6O8/c1-28-23-33(24-29(2)36(28)26-48)61-44-45(3,4)43(46(44,5)6)50-39(55)30-7-9-31(10-8-30)52-17-15-47(16-18-52)27-51(20-22-60-47)19-21-59-32-11-12-34-35(25-32)42(58)53(41(34)57)37-13-14-38(54)49-40(37)56/h7-12,23-25,37,43-44H,13-22,27H2,1-6H3,(H,50,55)(H,49,54,56)/t37?,43-,44-. The van der Waals surface area contributed by atoms with E-state index < -0.39 is 29.7 Å². The number of ether oxygens (including phenoxy) is 3. The highest BCUT2D eigenvalue weighted by Crippen LogP contribution is 2.55. The second-order valence-electron chi connectivity index (χ2n) is 18.4. The van der Waals surface area contributed by atoms with Gasteiger partial charge in [0.2, 0.25) is 11.8 Å². The van der Waals surface area contributed by atoms with Crippen LogP contribution in [0.1, 0.15) is 101 Å². The first-order valence-electron chi connectivity index (χ1n) is 21.2. The lowest BCUT2D eigenvalue weighted by molar-refractivity contribution is -0.164. The van der Waals surface area contributed by atoms with E-state index in [0.29, 0.717) is 36.6 Å². The van der Waals surface area contributed by atoms with Crippen molar-refractivity contribution in [3.8, 4) is 17.6 Å². The fourth-order valence-corrected chi connectivity index (χ4v) is 10.6. The molecule has 5 amide bonds. The number of benzene rings is 3. The van der Waals surface area contributed by atoms with E-state index in [1.165, 1.54) is 0 Å². The first-order chi connectivity index (χ1) is 29.0. The molecule has 1 aliphatic carbocycles. The molecule has 14 heteroatoms. The Bertz CT molecular complexity index is 2290. The van der Waals surface area contributed by atoms with Gasteiger partial charge in [0.25, 0.3) is 17.7 Å². The number of nitriles is 1. The highest BCUT2D eigenvalue weighted by Gasteiger charge is 2.64. The lowest BCUT2D eigenvalue weighted by Crippen LogP contribution is -2.74. The van der Waals surface area contributed by atoms with Crippen LogP contribution in [0.15, 0.2) is 54.6 Å². The third kappa shape index (κ3) is 7.74. The molecule has 0 bridgehead atoms. The second-order valence-corrected chi connectivity index (χ2v) is 18.4. The molecule has 61 heavy (non-hydrogen) atoms. The van der Waals surface area contributed by atoms with Crippen molar-refractivity contribution in [3.05, 3.63) is 88.0 Å². The third-order valence-corrected chi connectivity index (χ3v) is 13.6. The van der Waals surface area contributed by atoms with Gasteiger partial charge in [-0.1, -0.05) is 27.7 Å². The second kappa shape index (κ2) is 15.9. The van der Waals surface area contributed by atoms with E-state index in [4.69, 9.17) is 14.2 Å². The zero-order valence-corrected chi connectivity index (χ0v) is 35.8. The Morgan fingerprint density at radius 2 is 1.57 bits per heavy atom. The van der Waals surface area contributed by atoms with E-state index in [1.54, 1.807) is 18.2 Å². The molecule has 5 aliphatic rings. The Hall–Kier alpha value is -5.78. The van der Waals surface area contributed by atoms with Crippen molar-refractivity contribution >= 4 is 35.2 Å². The smallest absolute Gasteiger partial charge is 0.262 e. The van der Waals surface area contributed by atoms with Gasteiger partial charge in [-0.15, -0.1) is 0 Å². The van der Waals surface area contributed by atoms with Crippen LogP contribution in [0.2, 0.25) is 0 Å². The lowest BCUT2D eigenvalue weighted by Gasteiger charge is -2.63. The van der Waals surface area contributed by atoms with Crippen LogP contribution in [0, 0.1) is 36.0 Å². The zero-order valence-electron chi connectivity index (χ0n) is 35.8. The van der Waals surface area contributed by atoms with Gasteiger partial charge in [0, 0.05) is 67.3 Å². The van der Waals surface area contributed by atoms with E-state index in [9.17, 15) is 29.2 Å². The maximum atomic E-state index is 13.6. The summed E-state index contributed by atoms with van der Waals surface area (Å²) in [6.07, 6.45) is 1.74. The van der Waals surface area contributed by atoms with Crippen LogP contribution in [0.5, 0.6) is 11.5 Å². The van der Waals surface area contributed by atoms with Crippen molar-refractivity contribution in [2.45, 2.75) is 91.0 Å². The van der Waals surface area contributed by atoms with Crippen LogP contribution in [0.4, 0.5) is 5.69 Å². The minimum Gasteiger partial charge on any atom is -0.492 e. The quantitative estimate of drug-likeness (QED) is 0.266. The van der Waals surface area contributed by atoms with Crippen molar-refractivity contribution in [2.75, 3.05) is 50.8 Å². The number of morpholine rings is 1. The zero-order chi connectivity index (χ0) is 43.4. The number of amides is 5. The lowest BCUT2D eigenvalue weighted by atomic mass is 9.49. The summed E-state index contributed by atoms with van der Waals surface area (Å²) in [6, 6.07) is 17.6. The number of hydrogen-bond acceptors (Lipinski definition) is 11. The molecule has 4 fully saturated rings. The molecule has 1 atom stereocenters. The van der Waals surface area contributed by atoms with Gasteiger partial charge in [-0.3, -0.25) is 39.1 Å². The normalized spacial score (nSPS) is 24.1. The SMILES string of the molecule is Cc1cc(O[C@H]2C(C)(C)[C@H](NC(=O)c3ccc(N4CCC5(CC4)CN(CCOc4ccc6c(c4)C(=O)N(C4CCC(=O)NC4=O)C6=O)CCO5)cc3)C2(C)C)cc(C)c1C#N. The van der Waals surface area contributed by atoms with Crippen LogP contribution in [0.25, 0.3) is 0 Å². The molecule has 4 heterocycles. The summed E-state index contributed by atoms with van der Waals surface area (Å²) in [6.45, 7) is 17.2. The largest absolute Gasteiger partial charge is 0.492 e. The summed E-state index contributed by atoms with van der Waals surface area (Å²) in [5.74, 6) is -1.08. The van der Waals surface area contributed by atoms with Gasteiger partial charge in [-0.25, -0.2) is 0 Å². The number of carbonyl (C=O) groups is 5. The highest BCUT2D eigenvalue weighted by molar-refractivity contribution is 6.23. The van der Waals surface area contributed by atoms with Gasteiger partial charge >= 0.3 is 0 Å². The first kappa shape index (κ1) is 41.9. The van der Waals surface area contributed by atoms with Crippen molar-refractivity contribution in [3.63, 3.8) is 0 Å². The summed E-state index contributed by atoms with van der Waals surface area (Å²) in [4.78, 5) is 69.5. The average molecular weight is 831 g/mol. The van der Waals surface area contributed by atoms with Crippen molar-refractivity contribution in [1.82, 2.24) is 20.4 Å². The summed E-state index contributed by atoms with van der Waals surface area (Å²) < 4.78 is 19.0. The number of rotatable bonds is 10. The molecule has 14 nitrogen and oxygen atoms in total. The van der Waals surface area contributed by atoms with E-state index in [1.807, 2.05) is 50.2 Å². The van der Waals surface area contributed by atoms with Gasteiger partial charge in [0.15, 0.2) is 0 Å². The number of hydrogen-bond donors (Lipinski definition) is 2. The molecule has 4 aliphatic heterocycles. The van der Waals surface area contributed by atoms with Gasteiger partial charge in [-0.2, -0.15) is 5.26 Å². The van der Waals surface area contributed by atoms with Crippen molar-refractivity contribution < 1.29 is 38.2 Å². The van der Waals surface area contributed by atoms with E-state index in [2.05, 4.69) is 54.2 Å². The van der Waals surface area contributed by atoms with E-state index in [-0.39, 0.29) is 58.5 Å². The monoisotopic (exact) mass is 830 g/mol. The summed E-state index contributed by atoms with van der Waals surface area (Å²) in [5.41, 5.74) is 3.59. The molecule has 0 radical (unpaired) electrons. The minimum absolute atomic E-state index is 0.0652. The Morgan fingerprint density at radius 1 is 0.902 bits per heavy atom. The summed E-state index contributed by atoms with van der Waals surface area (Å²) >= 11 is 0. The molecular weight excluding hydrogens is 777 g/mol. The van der Waals surface area contributed by atoms with Gasteiger partial charge in [0.05, 0.1) is 35.0 Å². The maximum absolute atomic E-state index is 13.6. The predicted octanol–water partition coefficient (Wildman–Crippen LogP) is 4.94. The molecular formula is C47H54N6O8. The molecule has 1 spiro atoms. The third-order valence-electron chi connectivity index (χ3n) is 13.6. The number of anilines is 1. The maximum Gasteiger partial charge on any atom is 0.262 e. The molecule has 3 aromatic carbocycles. The van der Waals surface area contributed by atoms with Gasteiger partial charge in [0.1, 0.15) is 30.3 Å². The molecule has 320 valence electrons. The van der Waals surface area contributed by atoms with E-state index >= 15 is 0 Å². The fraction of sp³-hybridized carbons (Fsp3) is 0.489. The van der Waals surface area contributed by atoms with Crippen LogP contribution in [-0.4, -0.2) is 109 Å². The van der Waals surface area contributed by atoms with E-state index in [0.717, 1.165) is 66.5 Å². The molecule has 8 rings (SSSR count). The highest BCUT2D eigenvalue weighted by atomic mass is 16.5. The van der Waals surface area contributed by atoms with Gasteiger partial charge in [-0.05, 0) is 98.8 Å². The number of aryl methyl sites for hydroxylation is 2. The summed E-state index contributed by atoms with van der Waals surface area (Å²) in [5, 5.41) is 15.0. The minimum atomic E-state index is -1.01. The fourth-order valence-electron chi connectivity index (χ4n) is 10.6. The number of carbonyl (C=O) groups excluding carboxylic acids is 5. The van der Waals surface area contributed by atoms with Gasteiger partial charge < -0.3 is 24.4 Å². The molecule has 0 aromatic heterocycles. The van der Waals surface area contributed by atoms with Crippen LogP contribution in [0.3, 0.4) is 0 Å². The van der Waals surface area contributed by atoms with Crippen molar-refractivity contribution in [2.24, 2.45) is 10.8 Å². The van der Waals surface area contributed by atoms with Crippen LogP contribution in [-0.2, 0) is 14.3 Å². The molecule has 1 unspecified atom stereocenters. The molecule has 3 aromatic rings. The van der Waals surface area contributed by atoms with Crippen LogP contribution >= 0.6 is 0 Å².